The van der Waals surface area contributed by atoms with Gasteiger partial charge in [-0.3, -0.25) is 14.6 Å². The second kappa shape index (κ2) is 13.2. The minimum atomic E-state index is -4.57. The molecular formula is C28H23N6O7S+. The third kappa shape index (κ3) is 7.74. The number of phenolic OH excluding ortho intramolecular Hbond substituents is 1. The van der Waals surface area contributed by atoms with Crippen LogP contribution in [-0.2, 0) is 14.9 Å². The predicted octanol–water partition coefficient (Wildman–Crippen LogP) is 7.29. The molecule has 212 valence electrons. The van der Waals surface area contributed by atoms with Crippen molar-refractivity contribution in [2.75, 3.05) is 7.05 Å². The molecule has 0 atom stereocenters. The van der Waals surface area contributed by atoms with Gasteiger partial charge in [-0.15, -0.1) is 0 Å². The summed E-state index contributed by atoms with van der Waals surface area (Å²) in [5, 5.41) is 39.2. The quantitative estimate of drug-likeness (QED) is 0.0434. The van der Waals surface area contributed by atoms with E-state index in [1.807, 2.05) is 0 Å². The van der Waals surface area contributed by atoms with E-state index < -0.39 is 10.1 Å². The highest BCUT2D eigenvalue weighted by Gasteiger charge is 2.15. The Morgan fingerprint density at radius 2 is 1.31 bits per heavy atom. The Balaban J connectivity index is 1.48. The van der Waals surface area contributed by atoms with Crippen LogP contribution in [0.3, 0.4) is 0 Å². The molecule has 0 saturated heterocycles. The molecule has 0 spiro atoms. The Kier molecular flexibility index (Phi) is 9.21. The summed E-state index contributed by atoms with van der Waals surface area (Å²) in [4.78, 5) is 10.9. The van der Waals surface area contributed by atoms with E-state index >= 15 is 0 Å². The molecule has 42 heavy (non-hydrogen) atoms. The van der Waals surface area contributed by atoms with E-state index in [1.165, 1.54) is 43.5 Å². The lowest BCUT2D eigenvalue weighted by Gasteiger charge is -2.04. The zero-order valence-electron chi connectivity index (χ0n) is 21.9. The monoisotopic (exact) mass is 587 g/mol. The lowest BCUT2D eigenvalue weighted by atomic mass is 10.1. The molecule has 0 radical (unpaired) electrons. The molecule has 0 aliphatic carbocycles. The molecule has 0 unspecified atom stereocenters. The maximum Gasteiger partial charge on any atom is 0.298 e. The van der Waals surface area contributed by atoms with Crippen LogP contribution in [0.4, 0.5) is 28.4 Å². The van der Waals surface area contributed by atoms with Crippen molar-refractivity contribution in [3.8, 4) is 11.5 Å². The summed E-state index contributed by atoms with van der Waals surface area (Å²) in [6.07, 6.45) is 3.18. The first-order valence-electron chi connectivity index (χ1n) is 12.0. The van der Waals surface area contributed by atoms with Crippen LogP contribution in [0.15, 0.2) is 115 Å². The van der Waals surface area contributed by atoms with Gasteiger partial charge in [0.05, 0.1) is 29.8 Å². The fourth-order valence-electron chi connectivity index (χ4n) is 3.49. The van der Waals surface area contributed by atoms with Crippen molar-refractivity contribution >= 4 is 57.2 Å². The van der Waals surface area contributed by atoms with Crippen molar-refractivity contribution in [2.45, 2.75) is 4.90 Å². The number of carbonyl (C=O) groups excluding carboxylic acids is 1. The number of azo groups is 3. The molecule has 14 heteroatoms. The van der Waals surface area contributed by atoms with Gasteiger partial charge < -0.3 is 9.84 Å². The molecule has 0 aliphatic heterocycles. The van der Waals surface area contributed by atoms with Crippen LogP contribution >= 0.6 is 0 Å². The second-order valence-corrected chi connectivity index (χ2v) is 9.78. The zero-order valence-corrected chi connectivity index (χ0v) is 22.7. The number of nitrogens with zero attached hydrogens (tertiary/aromatic N) is 6. The van der Waals surface area contributed by atoms with Gasteiger partial charge in [0.1, 0.15) is 9.76 Å². The Hall–Kier alpha value is -5.60. The maximum absolute atomic E-state index is 12.1. The molecule has 0 aromatic heterocycles. The molecule has 0 aliphatic rings. The van der Waals surface area contributed by atoms with Crippen LogP contribution in [-0.4, -0.2) is 41.7 Å². The molecular weight excluding hydrogens is 564 g/mol. The zero-order chi connectivity index (χ0) is 30.1. The summed E-state index contributed by atoms with van der Waals surface area (Å²) in [6, 6.07) is 21.6. The van der Waals surface area contributed by atoms with Gasteiger partial charge in [-0.1, -0.05) is 18.2 Å². The molecule has 4 aromatic carbocycles. The number of rotatable bonds is 10. The van der Waals surface area contributed by atoms with Gasteiger partial charge in [-0.05, 0) is 71.8 Å². The predicted molar refractivity (Wildman–Crippen MR) is 151 cm³/mol. The SMILES string of the molecule is CN=[N+](O)c1ccc(/C=C/c2ccc(N=Nc3ccc(N=Nc4ccc(O)c(OC=O)c4)cc3)cc2S(=O)(=O)O)cc1. The van der Waals surface area contributed by atoms with Crippen LogP contribution in [0.1, 0.15) is 11.1 Å². The molecule has 0 bridgehead atoms. The number of carbonyl (C=O) groups is 1. The Bertz CT molecular complexity index is 1820. The molecule has 4 rings (SSSR count). The summed E-state index contributed by atoms with van der Waals surface area (Å²) >= 11 is 0. The first-order valence-corrected chi connectivity index (χ1v) is 13.5. The second-order valence-electron chi connectivity index (χ2n) is 8.39. The van der Waals surface area contributed by atoms with Crippen molar-refractivity contribution in [3.63, 3.8) is 0 Å². The maximum atomic E-state index is 12.1. The normalized spacial score (nSPS) is 12.4. The van der Waals surface area contributed by atoms with Crippen molar-refractivity contribution in [1.82, 2.24) is 0 Å². The number of phenols is 1. The lowest BCUT2D eigenvalue weighted by molar-refractivity contribution is -0.763. The molecule has 13 nitrogen and oxygen atoms in total. The summed E-state index contributed by atoms with van der Waals surface area (Å²) in [7, 11) is -3.14. The van der Waals surface area contributed by atoms with Gasteiger partial charge in [0, 0.05) is 23.3 Å². The fourth-order valence-corrected chi connectivity index (χ4v) is 4.20. The van der Waals surface area contributed by atoms with Crippen LogP contribution < -0.4 is 4.74 Å². The number of hydrogen-bond donors (Lipinski definition) is 3. The Morgan fingerprint density at radius 3 is 1.88 bits per heavy atom. The summed E-state index contributed by atoms with van der Waals surface area (Å²) < 4.78 is 38.6. The Labute approximate surface area is 239 Å². The topological polar surface area (TPSA) is 186 Å². The van der Waals surface area contributed by atoms with Gasteiger partial charge in [0.2, 0.25) is 0 Å². The van der Waals surface area contributed by atoms with E-state index in [9.17, 15) is 28.1 Å². The minimum absolute atomic E-state index is 0.0486. The fraction of sp³-hybridized carbons (Fsp3) is 0.0357. The smallest absolute Gasteiger partial charge is 0.298 e. The number of aromatic hydroxyl groups is 1. The highest BCUT2D eigenvalue weighted by Crippen LogP contribution is 2.31. The molecule has 0 saturated carbocycles. The first-order chi connectivity index (χ1) is 20.2. The third-order valence-electron chi connectivity index (χ3n) is 5.57. The van der Waals surface area contributed by atoms with Gasteiger partial charge >= 0.3 is 0 Å². The number of benzene rings is 4. The summed E-state index contributed by atoms with van der Waals surface area (Å²) in [6.45, 7) is 0.191. The third-order valence-corrected chi connectivity index (χ3v) is 6.48. The first kappa shape index (κ1) is 29.4. The van der Waals surface area contributed by atoms with Crippen molar-refractivity contribution in [3.05, 3.63) is 96.1 Å². The summed E-state index contributed by atoms with van der Waals surface area (Å²) in [5.41, 5.74) is 2.88. The van der Waals surface area contributed by atoms with E-state index in [-0.39, 0.29) is 34.1 Å². The van der Waals surface area contributed by atoms with Crippen molar-refractivity contribution in [1.29, 1.82) is 0 Å². The number of hydrogen-bond acceptors (Lipinski definition) is 10. The molecule has 3 N–H and O–H groups in total. The van der Waals surface area contributed by atoms with E-state index in [0.29, 0.717) is 22.7 Å². The largest absolute Gasteiger partial charge is 0.504 e. The van der Waals surface area contributed by atoms with Crippen molar-refractivity contribution in [2.24, 2.45) is 25.6 Å². The molecule has 0 heterocycles. The minimum Gasteiger partial charge on any atom is -0.504 e. The van der Waals surface area contributed by atoms with E-state index in [1.54, 1.807) is 60.7 Å². The van der Waals surface area contributed by atoms with E-state index in [2.05, 4.69) is 30.3 Å². The van der Waals surface area contributed by atoms with Crippen LogP contribution in [0.2, 0.25) is 0 Å². The van der Waals surface area contributed by atoms with Crippen LogP contribution in [0, 0.1) is 0 Å². The van der Waals surface area contributed by atoms with E-state index in [4.69, 9.17) is 0 Å². The standard InChI is InChI=1S/C28H22N6O7S/c1-29-34(37)25-13-3-19(4-14-25)2-5-20-6-7-24(17-28(20)42(38,39)40)33-31-22-10-8-21(9-11-22)30-32-23-12-15-26(36)27(16-23)41-18-35/h2-18H,1H3,(H2-,29,30,33,36,37,38,39,40)/p+1. The van der Waals surface area contributed by atoms with Gasteiger partial charge in [0.25, 0.3) is 22.3 Å². The van der Waals surface area contributed by atoms with Gasteiger partial charge in [-0.2, -0.15) is 28.9 Å². The highest BCUT2D eigenvalue weighted by atomic mass is 32.2. The highest BCUT2D eigenvalue weighted by molar-refractivity contribution is 7.86. The molecule has 4 aromatic rings. The van der Waals surface area contributed by atoms with E-state index in [0.717, 1.165) is 10.4 Å². The molecule has 0 amide bonds. The van der Waals surface area contributed by atoms with Crippen LogP contribution in [0.5, 0.6) is 11.5 Å². The van der Waals surface area contributed by atoms with Gasteiger partial charge in [0.15, 0.2) is 11.5 Å². The Morgan fingerprint density at radius 1 is 0.762 bits per heavy atom. The van der Waals surface area contributed by atoms with Gasteiger partial charge in [-0.25, -0.2) is 0 Å². The molecule has 0 fully saturated rings. The van der Waals surface area contributed by atoms with Crippen molar-refractivity contribution < 1.29 is 37.7 Å². The number of ether oxygens (including phenoxy) is 1. The average Bonchev–Trinajstić information content (AvgIpc) is 2.99. The summed E-state index contributed by atoms with van der Waals surface area (Å²) in [5.74, 6) is -0.260. The lowest BCUT2D eigenvalue weighted by Crippen LogP contribution is -2.00. The average molecular weight is 588 g/mol. The van der Waals surface area contributed by atoms with Crippen LogP contribution in [0.25, 0.3) is 12.2 Å².